The Balaban J connectivity index is 1.58. The molecule has 2 aliphatic heterocycles. The first-order valence-electron chi connectivity index (χ1n) is 10.0. The van der Waals surface area contributed by atoms with Crippen molar-refractivity contribution in [3.8, 4) is 0 Å². The van der Waals surface area contributed by atoms with Crippen LogP contribution in [0.5, 0.6) is 0 Å². The second kappa shape index (κ2) is 8.82. The zero-order chi connectivity index (χ0) is 18.5. The average Bonchev–Trinajstić information content (AvgIpc) is 3.17. The number of carbonyl (C=O) groups is 1. The van der Waals surface area contributed by atoms with E-state index in [0.717, 1.165) is 58.1 Å². The number of nitrogens with one attached hydrogen (secondary N) is 1. The number of likely N-dealkylation sites (N-methyl/N-ethyl adjacent to an activating group) is 1. The molecule has 6 nitrogen and oxygen atoms in total. The lowest BCUT2D eigenvalue weighted by Crippen LogP contribution is -2.50. The number of anilines is 1. The van der Waals surface area contributed by atoms with Crippen LogP contribution in [0.25, 0.3) is 0 Å². The fourth-order valence-corrected chi connectivity index (χ4v) is 4.01. The monoisotopic (exact) mass is 359 g/mol. The third-order valence-corrected chi connectivity index (χ3v) is 5.65. The summed E-state index contributed by atoms with van der Waals surface area (Å²) >= 11 is 0. The Morgan fingerprint density at radius 1 is 1.23 bits per heavy atom. The molecule has 1 aromatic rings. The fourth-order valence-electron chi connectivity index (χ4n) is 4.01. The van der Waals surface area contributed by atoms with E-state index in [1.54, 1.807) is 0 Å². The molecule has 3 heterocycles. The highest BCUT2D eigenvalue weighted by atomic mass is 16.2. The number of hydrogen-bond acceptors (Lipinski definition) is 5. The molecule has 1 atom stereocenters. The van der Waals surface area contributed by atoms with Gasteiger partial charge in [0.05, 0.1) is 6.54 Å². The lowest BCUT2D eigenvalue weighted by Gasteiger charge is -2.36. The molecule has 1 unspecified atom stereocenters. The van der Waals surface area contributed by atoms with Crippen LogP contribution in [0.3, 0.4) is 0 Å². The van der Waals surface area contributed by atoms with Crippen molar-refractivity contribution in [1.82, 2.24) is 20.1 Å². The molecule has 1 N–H and O–H groups in total. The van der Waals surface area contributed by atoms with E-state index >= 15 is 0 Å². The Kier molecular flexibility index (Phi) is 6.48. The Morgan fingerprint density at radius 2 is 1.96 bits per heavy atom. The van der Waals surface area contributed by atoms with Crippen molar-refractivity contribution in [2.45, 2.75) is 33.1 Å². The Morgan fingerprint density at radius 3 is 2.58 bits per heavy atom. The van der Waals surface area contributed by atoms with Gasteiger partial charge in [0.1, 0.15) is 0 Å². The zero-order valence-electron chi connectivity index (χ0n) is 16.5. The molecule has 2 saturated heterocycles. The van der Waals surface area contributed by atoms with Crippen molar-refractivity contribution in [3.05, 3.63) is 23.5 Å². The highest BCUT2D eigenvalue weighted by Gasteiger charge is 2.23. The van der Waals surface area contributed by atoms with Crippen molar-refractivity contribution >= 4 is 11.6 Å². The van der Waals surface area contributed by atoms with Gasteiger partial charge in [0, 0.05) is 68.8 Å². The summed E-state index contributed by atoms with van der Waals surface area (Å²) in [5.41, 5.74) is 3.61. The molecule has 6 heteroatoms. The lowest BCUT2D eigenvalue weighted by molar-refractivity contribution is -0.132. The van der Waals surface area contributed by atoms with Gasteiger partial charge in [-0.2, -0.15) is 0 Å². The van der Waals surface area contributed by atoms with Gasteiger partial charge in [-0.25, -0.2) is 0 Å². The van der Waals surface area contributed by atoms with Crippen LogP contribution in [0, 0.1) is 6.92 Å². The van der Waals surface area contributed by atoms with E-state index in [2.05, 4.69) is 34.2 Å². The molecule has 2 aliphatic rings. The van der Waals surface area contributed by atoms with Gasteiger partial charge >= 0.3 is 0 Å². The molecule has 0 aromatic carbocycles. The van der Waals surface area contributed by atoms with Crippen molar-refractivity contribution in [3.63, 3.8) is 0 Å². The minimum Gasteiger partial charge on any atom is -0.369 e. The van der Waals surface area contributed by atoms with Gasteiger partial charge < -0.3 is 15.1 Å². The summed E-state index contributed by atoms with van der Waals surface area (Å²) < 4.78 is 0. The lowest BCUT2D eigenvalue weighted by atomic mass is 10.0. The van der Waals surface area contributed by atoms with Gasteiger partial charge in [0.2, 0.25) is 5.91 Å². The van der Waals surface area contributed by atoms with Gasteiger partial charge in [-0.15, -0.1) is 0 Å². The van der Waals surface area contributed by atoms with Crippen LogP contribution in [-0.4, -0.2) is 79.6 Å². The summed E-state index contributed by atoms with van der Waals surface area (Å²) in [6, 6.07) is 4.48. The maximum absolute atomic E-state index is 12.3. The van der Waals surface area contributed by atoms with Crippen molar-refractivity contribution in [1.29, 1.82) is 0 Å². The molecule has 0 bridgehead atoms. The first-order chi connectivity index (χ1) is 12.6. The Hall–Kier alpha value is -1.66. The third kappa shape index (κ3) is 4.54. The number of aryl methyl sites for hydroxylation is 1. The Bertz CT molecular complexity index is 602. The number of hydrogen-bond donors (Lipinski definition) is 1. The normalized spacial score (nSPS) is 21.2. The minimum absolute atomic E-state index is 0.249. The zero-order valence-corrected chi connectivity index (χ0v) is 16.5. The second-order valence-electron chi connectivity index (χ2n) is 7.41. The van der Waals surface area contributed by atoms with Crippen LogP contribution in [0.1, 0.15) is 37.6 Å². The number of carbonyl (C=O) groups excluding carboxylic acids is 1. The molecule has 144 valence electrons. The molecule has 3 rings (SSSR count). The molecule has 26 heavy (non-hydrogen) atoms. The molecular formula is C20H33N5O. The summed E-state index contributed by atoms with van der Waals surface area (Å²) in [5.74, 6) is 0.792. The summed E-state index contributed by atoms with van der Waals surface area (Å²) in [7, 11) is 0. The summed E-state index contributed by atoms with van der Waals surface area (Å²) in [4.78, 5) is 23.7. The predicted molar refractivity (Wildman–Crippen MR) is 106 cm³/mol. The second-order valence-corrected chi connectivity index (χ2v) is 7.41. The van der Waals surface area contributed by atoms with E-state index in [4.69, 9.17) is 4.98 Å². The number of piperazine rings is 1. The van der Waals surface area contributed by atoms with Gasteiger partial charge in [-0.1, -0.05) is 0 Å². The maximum Gasteiger partial charge on any atom is 0.236 e. The fraction of sp³-hybridized carbons (Fsp3) is 0.700. The third-order valence-electron chi connectivity index (χ3n) is 5.65. The van der Waals surface area contributed by atoms with Crippen LogP contribution < -0.4 is 10.2 Å². The molecule has 0 radical (unpaired) electrons. The molecule has 0 spiro atoms. The molecule has 1 amide bonds. The first kappa shape index (κ1) is 19.1. The number of amides is 1. The number of rotatable bonds is 6. The largest absolute Gasteiger partial charge is 0.369 e. The number of aromatic nitrogens is 1. The summed E-state index contributed by atoms with van der Waals surface area (Å²) in [6.45, 7) is 14.3. The topological polar surface area (TPSA) is 51.7 Å². The van der Waals surface area contributed by atoms with Crippen molar-refractivity contribution in [2.24, 2.45) is 0 Å². The summed E-state index contributed by atoms with van der Waals surface area (Å²) in [5, 5.41) is 3.44. The Labute approximate surface area is 157 Å². The van der Waals surface area contributed by atoms with Gasteiger partial charge in [-0.05, 0) is 45.9 Å². The van der Waals surface area contributed by atoms with Crippen LogP contribution in [0.4, 0.5) is 5.69 Å². The van der Waals surface area contributed by atoms with E-state index in [-0.39, 0.29) is 5.91 Å². The van der Waals surface area contributed by atoms with E-state index in [9.17, 15) is 4.79 Å². The van der Waals surface area contributed by atoms with Crippen molar-refractivity contribution < 1.29 is 4.79 Å². The highest BCUT2D eigenvalue weighted by Crippen LogP contribution is 2.26. The van der Waals surface area contributed by atoms with Crippen molar-refractivity contribution in [2.75, 3.05) is 63.8 Å². The highest BCUT2D eigenvalue weighted by molar-refractivity contribution is 5.78. The smallest absolute Gasteiger partial charge is 0.236 e. The van der Waals surface area contributed by atoms with E-state index in [1.807, 2.05) is 18.7 Å². The van der Waals surface area contributed by atoms with E-state index in [1.165, 1.54) is 17.8 Å². The number of nitrogens with zero attached hydrogens (tertiary/aromatic N) is 4. The SMILES string of the molecule is CCN(CC)C(=O)CN1CCN(c2cc(C)nc(C3CCNC3)c2)CC1. The molecular weight excluding hydrogens is 326 g/mol. The maximum atomic E-state index is 12.3. The van der Waals surface area contributed by atoms with Gasteiger partial charge in [0.15, 0.2) is 0 Å². The first-order valence-corrected chi connectivity index (χ1v) is 10.0. The van der Waals surface area contributed by atoms with Gasteiger partial charge in [-0.3, -0.25) is 14.7 Å². The summed E-state index contributed by atoms with van der Waals surface area (Å²) in [6.07, 6.45) is 1.18. The molecule has 0 saturated carbocycles. The van der Waals surface area contributed by atoms with E-state index in [0.29, 0.717) is 12.5 Å². The van der Waals surface area contributed by atoms with Gasteiger partial charge in [0.25, 0.3) is 0 Å². The molecule has 1 aromatic heterocycles. The number of pyridine rings is 1. The minimum atomic E-state index is 0.249. The van der Waals surface area contributed by atoms with Crippen LogP contribution >= 0.6 is 0 Å². The van der Waals surface area contributed by atoms with Crippen LogP contribution in [0.2, 0.25) is 0 Å². The quantitative estimate of drug-likeness (QED) is 0.833. The molecule has 2 fully saturated rings. The standard InChI is InChI=1S/C20H33N5O/c1-4-24(5-2)20(26)15-23-8-10-25(11-9-23)18-12-16(3)22-19(13-18)17-6-7-21-14-17/h12-13,17,21H,4-11,14-15H2,1-3H3. The average molecular weight is 360 g/mol. The van der Waals surface area contributed by atoms with E-state index < -0.39 is 0 Å². The predicted octanol–water partition coefficient (Wildman–Crippen LogP) is 1.46. The molecule has 0 aliphatic carbocycles. The van der Waals surface area contributed by atoms with Crippen LogP contribution in [0.15, 0.2) is 12.1 Å². The van der Waals surface area contributed by atoms with Crippen LogP contribution in [-0.2, 0) is 4.79 Å².